The SMILES string of the molecule is O=C(O)[C@H]1CCCCN1C(=O)CC1CC1. The number of amides is 1. The molecule has 1 N–H and O–H groups in total. The standard InChI is InChI=1S/C11H17NO3/c13-10(7-8-4-5-8)12-6-2-1-3-9(12)11(14)15/h8-9H,1-7H2,(H,14,15)/t9-/m1/s1. The number of aliphatic carboxylic acids is 1. The molecule has 1 amide bonds. The van der Waals surface area contributed by atoms with Crippen molar-refractivity contribution in [3.63, 3.8) is 0 Å². The number of hydrogen-bond acceptors (Lipinski definition) is 2. The van der Waals surface area contributed by atoms with E-state index in [9.17, 15) is 9.59 Å². The van der Waals surface area contributed by atoms with Crippen molar-refractivity contribution >= 4 is 11.9 Å². The van der Waals surface area contributed by atoms with Crippen molar-refractivity contribution in [2.24, 2.45) is 5.92 Å². The summed E-state index contributed by atoms with van der Waals surface area (Å²) in [6.45, 7) is 0.628. The zero-order chi connectivity index (χ0) is 10.8. The Morgan fingerprint density at radius 2 is 1.93 bits per heavy atom. The van der Waals surface area contributed by atoms with Crippen molar-refractivity contribution in [2.45, 2.75) is 44.6 Å². The summed E-state index contributed by atoms with van der Waals surface area (Å²) in [5.41, 5.74) is 0. The molecular weight excluding hydrogens is 194 g/mol. The smallest absolute Gasteiger partial charge is 0.326 e. The van der Waals surface area contributed by atoms with Crippen LogP contribution in [0.1, 0.15) is 38.5 Å². The molecule has 0 bridgehead atoms. The van der Waals surface area contributed by atoms with E-state index in [2.05, 4.69) is 0 Å². The first-order valence-corrected chi connectivity index (χ1v) is 5.71. The average Bonchev–Trinajstić information content (AvgIpc) is 3.01. The fourth-order valence-electron chi connectivity index (χ4n) is 2.17. The highest BCUT2D eigenvalue weighted by atomic mass is 16.4. The van der Waals surface area contributed by atoms with Gasteiger partial charge in [-0.05, 0) is 38.0 Å². The number of carbonyl (C=O) groups is 2. The second kappa shape index (κ2) is 4.21. The Hall–Kier alpha value is -1.06. The van der Waals surface area contributed by atoms with Gasteiger partial charge in [0.25, 0.3) is 0 Å². The van der Waals surface area contributed by atoms with Gasteiger partial charge < -0.3 is 10.0 Å². The molecular formula is C11H17NO3. The Balaban J connectivity index is 1.96. The van der Waals surface area contributed by atoms with Gasteiger partial charge in [0.05, 0.1) is 0 Å². The Bertz CT molecular complexity index is 273. The predicted octanol–water partition coefficient (Wildman–Crippen LogP) is 1.25. The second-order valence-electron chi connectivity index (χ2n) is 4.58. The first kappa shape index (κ1) is 10.5. The van der Waals surface area contributed by atoms with Gasteiger partial charge in [0.15, 0.2) is 0 Å². The molecule has 0 aromatic rings. The van der Waals surface area contributed by atoms with Crippen LogP contribution in [0.25, 0.3) is 0 Å². The number of hydrogen-bond donors (Lipinski definition) is 1. The number of carboxylic acids is 1. The highest BCUT2D eigenvalue weighted by molar-refractivity contribution is 5.84. The third-order valence-corrected chi connectivity index (χ3v) is 3.27. The van der Waals surface area contributed by atoms with Crippen LogP contribution in [-0.2, 0) is 9.59 Å². The van der Waals surface area contributed by atoms with Crippen molar-refractivity contribution in [3.8, 4) is 0 Å². The maximum absolute atomic E-state index is 11.8. The molecule has 1 aliphatic heterocycles. The lowest BCUT2D eigenvalue weighted by molar-refractivity contribution is -0.152. The van der Waals surface area contributed by atoms with Gasteiger partial charge in [0.2, 0.25) is 5.91 Å². The highest BCUT2D eigenvalue weighted by Crippen LogP contribution is 2.33. The van der Waals surface area contributed by atoms with Gasteiger partial charge in [-0.15, -0.1) is 0 Å². The molecule has 1 heterocycles. The Morgan fingerprint density at radius 1 is 1.20 bits per heavy atom. The highest BCUT2D eigenvalue weighted by Gasteiger charge is 2.34. The molecule has 0 unspecified atom stereocenters. The fraction of sp³-hybridized carbons (Fsp3) is 0.818. The molecule has 0 aromatic carbocycles. The number of piperidine rings is 1. The van der Waals surface area contributed by atoms with Gasteiger partial charge in [-0.1, -0.05) is 0 Å². The summed E-state index contributed by atoms with van der Waals surface area (Å²) in [5, 5.41) is 9.01. The zero-order valence-corrected chi connectivity index (χ0v) is 8.82. The van der Waals surface area contributed by atoms with E-state index in [0.29, 0.717) is 25.3 Å². The van der Waals surface area contributed by atoms with Crippen LogP contribution in [0.5, 0.6) is 0 Å². The Morgan fingerprint density at radius 3 is 2.53 bits per heavy atom. The number of likely N-dealkylation sites (tertiary alicyclic amines) is 1. The lowest BCUT2D eigenvalue weighted by Crippen LogP contribution is -2.48. The molecule has 15 heavy (non-hydrogen) atoms. The molecule has 84 valence electrons. The molecule has 2 rings (SSSR count). The van der Waals surface area contributed by atoms with E-state index in [0.717, 1.165) is 25.7 Å². The maximum atomic E-state index is 11.8. The minimum atomic E-state index is -0.848. The van der Waals surface area contributed by atoms with Crippen molar-refractivity contribution in [2.75, 3.05) is 6.54 Å². The van der Waals surface area contributed by atoms with Crippen LogP contribution >= 0.6 is 0 Å². The largest absolute Gasteiger partial charge is 0.480 e. The van der Waals surface area contributed by atoms with E-state index in [4.69, 9.17) is 5.11 Å². The van der Waals surface area contributed by atoms with Gasteiger partial charge in [-0.3, -0.25) is 4.79 Å². The van der Waals surface area contributed by atoms with Crippen LogP contribution in [-0.4, -0.2) is 34.5 Å². The van der Waals surface area contributed by atoms with Crippen LogP contribution < -0.4 is 0 Å². The maximum Gasteiger partial charge on any atom is 0.326 e. The number of carbonyl (C=O) groups excluding carboxylic acids is 1. The van der Waals surface area contributed by atoms with Gasteiger partial charge in [0, 0.05) is 13.0 Å². The minimum absolute atomic E-state index is 0.0459. The summed E-state index contributed by atoms with van der Waals surface area (Å²) >= 11 is 0. The van der Waals surface area contributed by atoms with E-state index in [1.165, 1.54) is 0 Å². The summed E-state index contributed by atoms with van der Waals surface area (Å²) in [5.74, 6) is -0.266. The van der Waals surface area contributed by atoms with E-state index >= 15 is 0 Å². The van der Waals surface area contributed by atoms with Gasteiger partial charge in [-0.2, -0.15) is 0 Å². The van der Waals surface area contributed by atoms with Crippen LogP contribution in [0.3, 0.4) is 0 Å². The van der Waals surface area contributed by atoms with Crippen LogP contribution in [0.2, 0.25) is 0 Å². The normalized spacial score (nSPS) is 26.4. The molecule has 4 heteroatoms. The fourth-order valence-corrected chi connectivity index (χ4v) is 2.17. The molecule has 1 atom stereocenters. The summed E-state index contributed by atoms with van der Waals surface area (Å²) < 4.78 is 0. The first-order chi connectivity index (χ1) is 7.18. The van der Waals surface area contributed by atoms with E-state index in [-0.39, 0.29) is 5.91 Å². The first-order valence-electron chi connectivity index (χ1n) is 5.71. The molecule has 2 fully saturated rings. The number of nitrogens with zero attached hydrogens (tertiary/aromatic N) is 1. The molecule has 4 nitrogen and oxygen atoms in total. The zero-order valence-electron chi connectivity index (χ0n) is 8.82. The van der Waals surface area contributed by atoms with E-state index in [1.807, 2.05) is 0 Å². The third-order valence-electron chi connectivity index (χ3n) is 3.27. The summed E-state index contributed by atoms with van der Waals surface area (Å²) in [6, 6.07) is -0.565. The van der Waals surface area contributed by atoms with Crippen molar-refractivity contribution in [3.05, 3.63) is 0 Å². The minimum Gasteiger partial charge on any atom is -0.480 e. The van der Waals surface area contributed by atoms with E-state index in [1.54, 1.807) is 4.90 Å². The quantitative estimate of drug-likeness (QED) is 0.764. The van der Waals surface area contributed by atoms with Crippen molar-refractivity contribution in [1.29, 1.82) is 0 Å². The summed E-state index contributed by atoms with van der Waals surface area (Å²) in [7, 11) is 0. The Kier molecular flexibility index (Phi) is 2.93. The molecule has 0 spiro atoms. The summed E-state index contributed by atoms with van der Waals surface area (Å²) in [6.07, 6.45) is 5.31. The predicted molar refractivity (Wildman–Crippen MR) is 54.3 cm³/mol. The average molecular weight is 211 g/mol. The second-order valence-corrected chi connectivity index (χ2v) is 4.58. The topological polar surface area (TPSA) is 57.6 Å². The van der Waals surface area contributed by atoms with Gasteiger partial charge in [-0.25, -0.2) is 4.79 Å². The summed E-state index contributed by atoms with van der Waals surface area (Å²) in [4.78, 5) is 24.4. The number of carboxylic acid groups (broad SMARTS) is 1. The molecule has 1 saturated carbocycles. The van der Waals surface area contributed by atoms with Gasteiger partial charge >= 0.3 is 5.97 Å². The third kappa shape index (κ3) is 2.49. The number of rotatable bonds is 3. The van der Waals surface area contributed by atoms with Crippen molar-refractivity contribution < 1.29 is 14.7 Å². The van der Waals surface area contributed by atoms with Gasteiger partial charge in [0.1, 0.15) is 6.04 Å². The molecule has 1 saturated heterocycles. The molecule has 0 aromatic heterocycles. The molecule has 1 aliphatic carbocycles. The van der Waals surface area contributed by atoms with E-state index < -0.39 is 12.0 Å². The monoisotopic (exact) mass is 211 g/mol. The van der Waals surface area contributed by atoms with Crippen LogP contribution in [0.15, 0.2) is 0 Å². The van der Waals surface area contributed by atoms with Crippen LogP contribution in [0.4, 0.5) is 0 Å². The van der Waals surface area contributed by atoms with Crippen LogP contribution in [0, 0.1) is 5.92 Å². The molecule has 2 aliphatic rings. The lowest BCUT2D eigenvalue weighted by atomic mass is 10.0. The lowest BCUT2D eigenvalue weighted by Gasteiger charge is -2.33. The van der Waals surface area contributed by atoms with Crippen molar-refractivity contribution in [1.82, 2.24) is 4.90 Å². The Labute approximate surface area is 89.3 Å². The molecule has 0 radical (unpaired) electrons.